The van der Waals surface area contributed by atoms with Crippen LogP contribution in [0.4, 0.5) is 0 Å². The Morgan fingerprint density at radius 2 is 1.91 bits per heavy atom. The van der Waals surface area contributed by atoms with Crippen LogP contribution in [0.25, 0.3) is 0 Å². The van der Waals surface area contributed by atoms with Gasteiger partial charge in [0.2, 0.25) is 6.29 Å². The molecule has 4 nitrogen and oxygen atoms in total. The second-order valence-electron chi connectivity index (χ2n) is 6.09. The molecule has 4 heteroatoms. The normalized spacial score (nSPS) is 19.4. The molecule has 3 atom stereocenters. The molecule has 3 unspecified atom stereocenters. The van der Waals surface area contributed by atoms with Crippen LogP contribution in [0.5, 0.6) is 5.75 Å². The summed E-state index contributed by atoms with van der Waals surface area (Å²) in [5, 5.41) is 9.01. The van der Waals surface area contributed by atoms with E-state index in [2.05, 4.69) is 13.8 Å². The summed E-state index contributed by atoms with van der Waals surface area (Å²) in [6, 6.07) is 7.43. The van der Waals surface area contributed by atoms with Crippen LogP contribution in [-0.2, 0) is 14.3 Å². The average Bonchev–Trinajstić information content (AvgIpc) is 3.07. The van der Waals surface area contributed by atoms with Crippen molar-refractivity contribution >= 4 is 5.97 Å². The van der Waals surface area contributed by atoms with Crippen molar-refractivity contribution in [1.82, 2.24) is 0 Å². The molecule has 23 heavy (non-hydrogen) atoms. The minimum absolute atomic E-state index is 0.00537. The Morgan fingerprint density at radius 1 is 1.26 bits per heavy atom. The molecule has 1 fully saturated rings. The Morgan fingerprint density at radius 3 is 2.39 bits per heavy atom. The molecule has 0 aliphatic carbocycles. The zero-order valence-electron chi connectivity index (χ0n) is 14.7. The van der Waals surface area contributed by atoms with Crippen molar-refractivity contribution in [2.45, 2.75) is 65.6 Å². The number of rotatable bonds is 5. The summed E-state index contributed by atoms with van der Waals surface area (Å²) in [5.41, 5.74) is 1.30. The third-order valence-corrected chi connectivity index (χ3v) is 4.22. The number of benzene rings is 1. The van der Waals surface area contributed by atoms with E-state index in [-0.39, 0.29) is 18.2 Å². The highest BCUT2D eigenvalue weighted by Gasteiger charge is 2.22. The second-order valence-corrected chi connectivity index (χ2v) is 6.09. The van der Waals surface area contributed by atoms with Gasteiger partial charge in [-0.1, -0.05) is 39.8 Å². The van der Waals surface area contributed by atoms with Crippen LogP contribution in [0.2, 0.25) is 0 Å². The fraction of sp³-hybridized carbons (Fsp3) is 0.632. The SMILES string of the molecule is CCC(C)C(=O)OC1CCCO1.CCC(C)c1ccc(O)cc1. The number of phenols is 1. The minimum atomic E-state index is -0.272. The minimum Gasteiger partial charge on any atom is -0.508 e. The van der Waals surface area contributed by atoms with E-state index in [1.54, 1.807) is 12.1 Å². The number of ether oxygens (including phenoxy) is 2. The molecule has 0 saturated carbocycles. The third kappa shape index (κ3) is 7.04. The van der Waals surface area contributed by atoms with Gasteiger partial charge in [-0.05, 0) is 42.9 Å². The van der Waals surface area contributed by atoms with Gasteiger partial charge in [-0.3, -0.25) is 4.79 Å². The second kappa shape index (κ2) is 10.3. The van der Waals surface area contributed by atoms with Gasteiger partial charge in [0.15, 0.2) is 0 Å². The van der Waals surface area contributed by atoms with Gasteiger partial charge in [0.05, 0.1) is 12.5 Å². The van der Waals surface area contributed by atoms with E-state index in [0.717, 1.165) is 32.3 Å². The van der Waals surface area contributed by atoms with E-state index in [4.69, 9.17) is 14.6 Å². The van der Waals surface area contributed by atoms with Gasteiger partial charge in [0.1, 0.15) is 5.75 Å². The molecule has 1 aromatic carbocycles. The van der Waals surface area contributed by atoms with Crippen LogP contribution in [0.1, 0.15) is 64.9 Å². The summed E-state index contributed by atoms with van der Waals surface area (Å²) >= 11 is 0. The monoisotopic (exact) mass is 322 g/mol. The molecule has 0 amide bonds. The van der Waals surface area contributed by atoms with E-state index in [9.17, 15) is 4.79 Å². The fourth-order valence-corrected chi connectivity index (χ4v) is 2.09. The number of phenolic OH excluding ortho intramolecular Hbond substituents is 1. The van der Waals surface area contributed by atoms with Crippen LogP contribution in [0, 0.1) is 5.92 Å². The maximum absolute atomic E-state index is 11.2. The number of esters is 1. The van der Waals surface area contributed by atoms with Crippen molar-refractivity contribution in [2.24, 2.45) is 5.92 Å². The average molecular weight is 322 g/mol. The van der Waals surface area contributed by atoms with Gasteiger partial charge in [0.25, 0.3) is 0 Å². The Labute approximate surface area is 139 Å². The van der Waals surface area contributed by atoms with Crippen LogP contribution < -0.4 is 0 Å². The summed E-state index contributed by atoms with van der Waals surface area (Å²) in [5.74, 6) is 0.797. The van der Waals surface area contributed by atoms with E-state index in [1.165, 1.54) is 5.56 Å². The van der Waals surface area contributed by atoms with Crippen molar-refractivity contribution in [2.75, 3.05) is 6.61 Å². The number of carbonyl (C=O) groups is 1. The van der Waals surface area contributed by atoms with Crippen LogP contribution in [0.3, 0.4) is 0 Å². The standard InChI is InChI=1S/C10H14O.C9H16O3/c1-3-8(2)9-4-6-10(11)7-5-9;1-3-7(2)9(10)12-8-5-4-6-11-8/h4-8,11H,3H2,1-2H3;7-8H,3-6H2,1-2H3. The van der Waals surface area contributed by atoms with Crippen molar-refractivity contribution in [1.29, 1.82) is 0 Å². The molecule has 1 aromatic rings. The molecule has 1 aliphatic rings. The van der Waals surface area contributed by atoms with Gasteiger partial charge in [-0.15, -0.1) is 0 Å². The third-order valence-electron chi connectivity index (χ3n) is 4.22. The van der Waals surface area contributed by atoms with Crippen LogP contribution in [0.15, 0.2) is 24.3 Å². The number of hydrogen-bond acceptors (Lipinski definition) is 4. The van der Waals surface area contributed by atoms with Gasteiger partial charge in [-0.25, -0.2) is 0 Å². The lowest BCUT2D eigenvalue weighted by atomic mass is 9.99. The lowest BCUT2D eigenvalue weighted by molar-refractivity contribution is -0.174. The maximum atomic E-state index is 11.2. The first-order valence-corrected chi connectivity index (χ1v) is 8.58. The highest BCUT2D eigenvalue weighted by molar-refractivity contribution is 5.71. The van der Waals surface area contributed by atoms with E-state index in [0.29, 0.717) is 11.7 Å². The summed E-state index contributed by atoms with van der Waals surface area (Å²) in [4.78, 5) is 11.2. The first kappa shape index (κ1) is 19.5. The molecule has 1 heterocycles. The van der Waals surface area contributed by atoms with E-state index >= 15 is 0 Å². The molecule has 1 N–H and O–H groups in total. The predicted octanol–water partition coefficient (Wildman–Crippen LogP) is 4.62. The molecule has 0 aromatic heterocycles. The Bertz CT molecular complexity index is 449. The predicted molar refractivity (Wildman–Crippen MR) is 91.3 cm³/mol. The van der Waals surface area contributed by atoms with E-state index < -0.39 is 0 Å². The smallest absolute Gasteiger partial charge is 0.310 e. The molecule has 0 spiro atoms. The van der Waals surface area contributed by atoms with Gasteiger partial charge in [0, 0.05) is 6.42 Å². The topological polar surface area (TPSA) is 55.8 Å². The zero-order chi connectivity index (χ0) is 17.2. The first-order valence-electron chi connectivity index (χ1n) is 8.58. The lowest BCUT2D eigenvalue weighted by Gasteiger charge is -2.13. The number of carbonyl (C=O) groups excluding carboxylic acids is 1. The Kier molecular flexibility index (Phi) is 8.70. The highest BCUT2D eigenvalue weighted by Crippen LogP contribution is 2.20. The summed E-state index contributed by atoms with van der Waals surface area (Å²) in [7, 11) is 0. The Balaban J connectivity index is 0.000000231. The van der Waals surface area contributed by atoms with Crippen LogP contribution >= 0.6 is 0 Å². The number of hydrogen-bond donors (Lipinski definition) is 1. The van der Waals surface area contributed by atoms with Gasteiger partial charge in [-0.2, -0.15) is 0 Å². The molecule has 2 rings (SSSR count). The summed E-state index contributed by atoms with van der Waals surface area (Å²) < 4.78 is 10.3. The Hall–Kier alpha value is -1.55. The fourth-order valence-electron chi connectivity index (χ4n) is 2.09. The molecule has 0 radical (unpaired) electrons. The van der Waals surface area contributed by atoms with Gasteiger partial charge >= 0.3 is 5.97 Å². The van der Waals surface area contributed by atoms with Crippen molar-refractivity contribution < 1.29 is 19.4 Å². The largest absolute Gasteiger partial charge is 0.508 e. The summed E-state index contributed by atoms with van der Waals surface area (Å²) in [6.07, 6.45) is 3.54. The molecular formula is C19H30O4. The molecular weight excluding hydrogens is 292 g/mol. The maximum Gasteiger partial charge on any atom is 0.310 e. The van der Waals surface area contributed by atoms with Crippen LogP contribution in [-0.4, -0.2) is 24.0 Å². The summed E-state index contributed by atoms with van der Waals surface area (Å²) in [6.45, 7) is 8.92. The molecule has 130 valence electrons. The van der Waals surface area contributed by atoms with Crippen molar-refractivity contribution in [3.05, 3.63) is 29.8 Å². The van der Waals surface area contributed by atoms with E-state index in [1.807, 2.05) is 26.0 Å². The van der Waals surface area contributed by atoms with Gasteiger partial charge < -0.3 is 14.6 Å². The quantitative estimate of drug-likeness (QED) is 0.804. The first-order chi connectivity index (χ1) is 11.0. The van der Waals surface area contributed by atoms with Crippen molar-refractivity contribution in [3.63, 3.8) is 0 Å². The van der Waals surface area contributed by atoms with Crippen molar-refractivity contribution in [3.8, 4) is 5.75 Å². The molecule has 1 saturated heterocycles. The molecule has 0 bridgehead atoms. The number of aromatic hydroxyl groups is 1. The highest BCUT2D eigenvalue weighted by atomic mass is 16.7. The lowest BCUT2D eigenvalue weighted by Crippen LogP contribution is -2.21. The molecule has 1 aliphatic heterocycles. The zero-order valence-corrected chi connectivity index (χ0v) is 14.7.